The van der Waals surface area contributed by atoms with Crippen LogP contribution in [0.3, 0.4) is 0 Å². The van der Waals surface area contributed by atoms with Crippen molar-refractivity contribution in [2.45, 2.75) is 13.8 Å². The number of benzene rings is 1. The Morgan fingerprint density at radius 2 is 2.06 bits per heavy atom. The monoisotopic (exact) mass is 299 g/mol. The highest BCUT2D eigenvalue weighted by Gasteiger charge is 2.09. The molecule has 0 saturated carbocycles. The molecule has 16 heavy (non-hydrogen) atoms. The second kappa shape index (κ2) is 4.11. The summed E-state index contributed by atoms with van der Waals surface area (Å²) in [4.78, 5) is 4.16. The standard InChI is InChI=1S/C11H11BrClN3/c1-6-3-8(12)10(4-9(6)13)16-5-7(2)15-11(16)14/h3-5H,1-2H3,(H2,14,15). The highest BCUT2D eigenvalue weighted by Crippen LogP contribution is 2.29. The van der Waals surface area contributed by atoms with Gasteiger partial charge < -0.3 is 5.73 Å². The minimum absolute atomic E-state index is 0.457. The van der Waals surface area contributed by atoms with Gasteiger partial charge in [-0.25, -0.2) is 4.98 Å². The lowest BCUT2D eigenvalue weighted by Gasteiger charge is -2.09. The number of halogens is 2. The SMILES string of the molecule is Cc1cn(-c2cc(Cl)c(C)cc2Br)c(N)n1. The number of aryl methyl sites for hydroxylation is 2. The molecule has 0 saturated heterocycles. The van der Waals surface area contributed by atoms with Gasteiger partial charge in [0.05, 0.1) is 11.4 Å². The van der Waals surface area contributed by atoms with E-state index in [2.05, 4.69) is 20.9 Å². The fourth-order valence-electron chi connectivity index (χ4n) is 1.53. The van der Waals surface area contributed by atoms with Gasteiger partial charge in [-0.3, -0.25) is 4.57 Å². The van der Waals surface area contributed by atoms with E-state index >= 15 is 0 Å². The van der Waals surface area contributed by atoms with Crippen LogP contribution in [-0.2, 0) is 0 Å². The summed E-state index contributed by atoms with van der Waals surface area (Å²) in [7, 11) is 0. The third-order valence-corrected chi connectivity index (χ3v) is 3.38. The summed E-state index contributed by atoms with van der Waals surface area (Å²) in [5.74, 6) is 0.457. The first-order valence-electron chi connectivity index (χ1n) is 4.76. The van der Waals surface area contributed by atoms with Crippen molar-refractivity contribution in [2.24, 2.45) is 0 Å². The maximum absolute atomic E-state index is 6.10. The summed E-state index contributed by atoms with van der Waals surface area (Å²) in [5.41, 5.74) is 8.61. The van der Waals surface area contributed by atoms with Crippen molar-refractivity contribution in [3.63, 3.8) is 0 Å². The number of rotatable bonds is 1. The summed E-state index contributed by atoms with van der Waals surface area (Å²) in [5, 5.41) is 0.712. The largest absolute Gasteiger partial charge is 0.369 e. The molecular formula is C11H11BrClN3. The predicted octanol–water partition coefficient (Wildman–Crippen LogP) is 3.49. The van der Waals surface area contributed by atoms with Gasteiger partial charge in [0.15, 0.2) is 0 Å². The molecule has 1 heterocycles. The lowest BCUT2D eigenvalue weighted by atomic mass is 10.2. The summed E-state index contributed by atoms with van der Waals surface area (Å²) < 4.78 is 2.75. The van der Waals surface area contributed by atoms with Crippen molar-refractivity contribution in [3.8, 4) is 5.69 Å². The molecule has 2 aromatic rings. The van der Waals surface area contributed by atoms with Crippen molar-refractivity contribution in [3.05, 3.63) is 39.1 Å². The zero-order valence-electron chi connectivity index (χ0n) is 8.96. The molecule has 0 fully saturated rings. The van der Waals surface area contributed by atoms with Gasteiger partial charge in [-0.1, -0.05) is 11.6 Å². The Morgan fingerprint density at radius 1 is 1.38 bits per heavy atom. The second-order valence-corrected chi connectivity index (χ2v) is 4.92. The van der Waals surface area contributed by atoms with Crippen LogP contribution in [0.4, 0.5) is 5.95 Å². The third-order valence-electron chi connectivity index (χ3n) is 2.34. The smallest absolute Gasteiger partial charge is 0.205 e. The zero-order chi connectivity index (χ0) is 11.9. The number of anilines is 1. The number of nitrogens with zero attached hydrogens (tertiary/aromatic N) is 2. The molecular weight excluding hydrogens is 289 g/mol. The highest BCUT2D eigenvalue weighted by molar-refractivity contribution is 9.10. The van der Waals surface area contributed by atoms with Gasteiger partial charge in [-0.05, 0) is 47.5 Å². The van der Waals surface area contributed by atoms with Crippen molar-refractivity contribution < 1.29 is 0 Å². The van der Waals surface area contributed by atoms with E-state index in [-0.39, 0.29) is 0 Å². The van der Waals surface area contributed by atoms with Crippen LogP contribution in [-0.4, -0.2) is 9.55 Å². The molecule has 0 amide bonds. The van der Waals surface area contributed by atoms with Gasteiger partial charge in [-0.15, -0.1) is 0 Å². The number of hydrogen-bond acceptors (Lipinski definition) is 2. The molecule has 0 unspecified atom stereocenters. The molecule has 0 aliphatic rings. The topological polar surface area (TPSA) is 43.8 Å². The zero-order valence-corrected chi connectivity index (χ0v) is 11.3. The maximum atomic E-state index is 6.10. The maximum Gasteiger partial charge on any atom is 0.205 e. The Bertz CT molecular complexity index is 548. The van der Waals surface area contributed by atoms with E-state index in [4.69, 9.17) is 17.3 Å². The van der Waals surface area contributed by atoms with E-state index in [9.17, 15) is 0 Å². The van der Waals surface area contributed by atoms with Gasteiger partial charge in [0.1, 0.15) is 0 Å². The molecule has 5 heteroatoms. The first-order valence-corrected chi connectivity index (χ1v) is 5.93. The van der Waals surface area contributed by atoms with Crippen LogP contribution in [0, 0.1) is 13.8 Å². The van der Waals surface area contributed by atoms with Crippen molar-refractivity contribution in [2.75, 3.05) is 5.73 Å². The Kier molecular flexibility index (Phi) is 2.95. The van der Waals surface area contributed by atoms with Crippen LogP contribution < -0.4 is 5.73 Å². The van der Waals surface area contributed by atoms with E-state index in [1.165, 1.54) is 0 Å². The molecule has 0 bridgehead atoms. The quantitative estimate of drug-likeness (QED) is 0.876. The normalized spacial score (nSPS) is 10.8. The van der Waals surface area contributed by atoms with Crippen LogP contribution in [0.2, 0.25) is 5.02 Å². The van der Waals surface area contributed by atoms with Crippen LogP contribution in [0.5, 0.6) is 0 Å². The molecule has 0 aliphatic heterocycles. The molecule has 0 radical (unpaired) electrons. The molecule has 1 aromatic heterocycles. The van der Waals surface area contributed by atoms with E-state index in [0.717, 1.165) is 21.4 Å². The van der Waals surface area contributed by atoms with Gasteiger partial charge >= 0.3 is 0 Å². The van der Waals surface area contributed by atoms with Crippen LogP contribution in [0.1, 0.15) is 11.3 Å². The summed E-state index contributed by atoms with van der Waals surface area (Å²) in [6, 6.07) is 3.84. The first-order chi connectivity index (χ1) is 7.49. The van der Waals surface area contributed by atoms with Gasteiger partial charge in [-0.2, -0.15) is 0 Å². The number of nitrogens with two attached hydrogens (primary N) is 1. The minimum Gasteiger partial charge on any atom is -0.369 e. The van der Waals surface area contributed by atoms with Crippen LogP contribution >= 0.6 is 27.5 Å². The molecule has 2 N–H and O–H groups in total. The lowest BCUT2D eigenvalue weighted by molar-refractivity contribution is 1.06. The van der Waals surface area contributed by atoms with Gasteiger partial charge in [0.2, 0.25) is 5.95 Å². The van der Waals surface area contributed by atoms with Crippen molar-refractivity contribution in [1.82, 2.24) is 9.55 Å². The van der Waals surface area contributed by atoms with Crippen LogP contribution in [0.15, 0.2) is 22.8 Å². The second-order valence-electron chi connectivity index (χ2n) is 3.66. The van der Waals surface area contributed by atoms with E-state index in [1.807, 2.05) is 36.7 Å². The van der Waals surface area contributed by atoms with Crippen molar-refractivity contribution in [1.29, 1.82) is 0 Å². The number of aromatic nitrogens is 2. The molecule has 84 valence electrons. The lowest BCUT2D eigenvalue weighted by Crippen LogP contribution is -2.00. The Morgan fingerprint density at radius 3 is 2.62 bits per heavy atom. The number of imidazole rings is 1. The fraction of sp³-hybridized carbons (Fsp3) is 0.182. The molecule has 1 aromatic carbocycles. The summed E-state index contributed by atoms with van der Waals surface area (Å²) in [6.07, 6.45) is 1.88. The average molecular weight is 301 g/mol. The van der Waals surface area contributed by atoms with Crippen molar-refractivity contribution >= 4 is 33.5 Å². The van der Waals surface area contributed by atoms with E-state index in [0.29, 0.717) is 11.0 Å². The number of nitrogen functional groups attached to an aromatic ring is 1. The Labute approximate surface area is 107 Å². The molecule has 0 spiro atoms. The number of hydrogen-bond donors (Lipinski definition) is 1. The summed E-state index contributed by atoms with van der Waals surface area (Å²) >= 11 is 9.60. The minimum atomic E-state index is 0.457. The van der Waals surface area contributed by atoms with E-state index in [1.54, 1.807) is 0 Å². The Balaban J connectivity index is 2.64. The molecule has 0 atom stereocenters. The average Bonchev–Trinajstić information content (AvgIpc) is 2.51. The summed E-state index contributed by atoms with van der Waals surface area (Å²) in [6.45, 7) is 3.86. The predicted molar refractivity (Wildman–Crippen MR) is 70.2 cm³/mol. The van der Waals surface area contributed by atoms with E-state index < -0.39 is 0 Å². The first kappa shape index (κ1) is 11.5. The van der Waals surface area contributed by atoms with Gasteiger partial charge in [0.25, 0.3) is 0 Å². The highest BCUT2D eigenvalue weighted by atomic mass is 79.9. The molecule has 3 nitrogen and oxygen atoms in total. The molecule has 2 rings (SSSR count). The van der Waals surface area contributed by atoms with Gasteiger partial charge in [0, 0.05) is 15.7 Å². The fourth-order valence-corrected chi connectivity index (χ4v) is 2.34. The molecule has 0 aliphatic carbocycles. The third kappa shape index (κ3) is 1.95. The van der Waals surface area contributed by atoms with Crippen LogP contribution in [0.25, 0.3) is 5.69 Å². The Hall–Kier alpha value is -1.00.